The highest BCUT2D eigenvalue weighted by atomic mass is 79.9. The number of nitrogens with zero attached hydrogens (tertiary/aromatic N) is 3. The number of nitro benzene ring substituents is 1. The van der Waals surface area contributed by atoms with E-state index in [-0.39, 0.29) is 11.3 Å². The summed E-state index contributed by atoms with van der Waals surface area (Å²) in [6.07, 6.45) is 3.95. The quantitative estimate of drug-likeness (QED) is 0.192. The first-order valence-electron chi connectivity index (χ1n) is 11.3. The van der Waals surface area contributed by atoms with Crippen molar-refractivity contribution < 1.29 is 14.5 Å². The Balaban J connectivity index is 1.57. The molecule has 1 fully saturated rings. The van der Waals surface area contributed by atoms with Crippen molar-refractivity contribution in [2.75, 3.05) is 13.1 Å². The van der Waals surface area contributed by atoms with Gasteiger partial charge in [-0.3, -0.25) is 29.1 Å². The molecule has 1 aliphatic rings. The summed E-state index contributed by atoms with van der Waals surface area (Å²) in [6, 6.07) is 16.7. The number of likely N-dealkylation sites (tertiary alicyclic amines) is 1. The number of carbonyl (C=O) groups excluding carboxylic acids is 2. The average molecular weight is 538 g/mol. The number of halogens is 1. The van der Waals surface area contributed by atoms with Gasteiger partial charge in [0.05, 0.1) is 4.92 Å². The Morgan fingerprint density at radius 1 is 1.00 bits per heavy atom. The van der Waals surface area contributed by atoms with Crippen molar-refractivity contribution in [3.05, 3.63) is 109 Å². The van der Waals surface area contributed by atoms with Crippen LogP contribution in [0, 0.1) is 16.0 Å². The molecule has 1 aliphatic heterocycles. The number of nitro groups is 1. The van der Waals surface area contributed by atoms with Crippen LogP contribution < -0.4 is 5.56 Å². The summed E-state index contributed by atoms with van der Waals surface area (Å²) >= 11 is 3.31. The van der Waals surface area contributed by atoms with E-state index in [1.54, 1.807) is 11.0 Å². The fourth-order valence-corrected chi connectivity index (χ4v) is 4.77. The van der Waals surface area contributed by atoms with E-state index in [0.717, 1.165) is 23.8 Å². The molecule has 4 rings (SSSR count). The van der Waals surface area contributed by atoms with Gasteiger partial charge in [-0.25, -0.2) is 0 Å². The third kappa shape index (κ3) is 5.74. The van der Waals surface area contributed by atoms with Crippen LogP contribution in [0.3, 0.4) is 0 Å². The Labute approximate surface area is 210 Å². The van der Waals surface area contributed by atoms with Gasteiger partial charge in [-0.15, -0.1) is 0 Å². The molecule has 8 nitrogen and oxygen atoms in total. The zero-order valence-corrected chi connectivity index (χ0v) is 20.5. The lowest BCUT2D eigenvalue weighted by Gasteiger charge is -2.34. The molecular weight excluding hydrogens is 514 g/mol. The van der Waals surface area contributed by atoms with Crippen LogP contribution in [0.2, 0.25) is 0 Å². The van der Waals surface area contributed by atoms with Gasteiger partial charge in [0.1, 0.15) is 0 Å². The van der Waals surface area contributed by atoms with E-state index >= 15 is 0 Å². The van der Waals surface area contributed by atoms with E-state index in [2.05, 4.69) is 28.1 Å². The number of piperidine rings is 1. The van der Waals surface area contributed by atoms with Gasteiger partial charge in [0.15, 0.2) is 11.8 Å². The summed E-state index contributed by atoms with van der Waals surface area (Å²) in [5.74, 6) is -0.609. The summed E-state index contributed by atoms with van der Waals surface area (Å²) in [7, 11) is 0. The normalized spacial score (nSPS) is 14.9. The van der Waals surface area contributed by atoms with E-state index in [1.165, 1.54) is 42.1 Å². The average Bonchev–Trinajstić information content (AvgIpc) is 2.87. The SMILES string of the molecule is O=C(c1ccc([N+](=O)[O-])cc1)C(C(=O)N1CCC(Cc2ccccc2)CC1)n1cc(Br)ccc1=O. The molecule has 0 bridgehead atoms. The Morgan fingerprint density at radius 2 is 1.66 bits per heavy atom. The monoisotopic (exact) mass is 537 g/mol. The Hall–Kier alpha value is -3.59. The van der Waals surface area contributed by atoms with Gasteiger partial charge in [0, 0.05) is 47.5 Å². The van der Waals surface area contributed by atoms with Crippen molar-refractivity contribution in [2.45, 2.75) is 25.3 Å². The van der Waals surface area contributed by atoms with Gasteiger partial charge >= 0.3 is 0 Å². The third-order valence-corrected chi connectivity index (χ3v) is 6.79. The summed E-state index contributed by atoms with van der Waals surface area (Å²) in [5, 5.41) is 11.0. The molecule has 0 spiro atoms. The number of aromatic nitrogens is 1. The van der Waals surface area contributed by atoms with E-state index in [0.29, 0.717) is 23.5 Å². The number of rotatable bonds is 7. The van der Waals surface area contributed by atoms with Crippen LogP contribution >= 0.6 is 15.9 Å². The lowest BCUT2D eigenvalue weighted by Crippen LogP contribution is -2.46. The number of pyridine rings is 1. The zero-order valence-electron chi connectivity index (χ0n) is 18.9. The largest absolute Gasteiger partial charge is 0.340 e. The van der Waals surface area contributed by atoms with Crippen LogP contribution in [0.4, 0.5) is 5.69 Å². The molecule has 1 unspecified atom stereocenters. The fourth-order valence-electron chi connectivity index (χ4n) is 4.42. The number of Topliss-reactive ketones (excluding diaryl/α,β-unsaturated/α-hetero) is 1. The number of ketones is 1. The molecule has 3 aromatic rings. The molecule has 2 heterocycles. The second-order valence-corrected chi connectivity index (χ2v) is 9.54. The van der Waals surface area contributed by atoms with Crippen LogP contribution in [0.15, 0.2) is 82.2 Å². The first-order valence-corrected chi connectivity index (χ1v) is 12.1. The molecule has 35 heavy (non-hydrogen) atoms. The van der Waals surface area contributed by atoms with Crippen LogP contribution in [0.5, 0.6) is 0 Å². The number of hydrogen-bond donors (Lipinski definition) is 0. The van der Waals surface area contributed by atoms with Crippen molar-refractivity contribution in [2.24, 2.45) is 5.92 Å². The molecular formula is C26H24BrN3O5. The summed E-state index contributed by atoms with van der Waals surface area (Å²) in [5.41, 5.74) is 0.731. The topological polar surface area (TPSA) is 103 Å². The number of carbonyl (C=O) groups is 2. The van der Waals surface area contributed by atoms with Gasteiger partial charge < -0.3 is 4.90 Å². The van der Waals surface area contributed by atoms with Crippen molar-refractivity contribution in [3.63, 3.8) is 0 Å². The molecule has 180 valence electrons. The van der Waals surface area contributed by atoms with E-state index in [1.807, 2.05) is 18.2 Å². The van der Waals surface area contributed by atoms with Gasteiger partial charge in [-0.05, 0) is 64.9 Å². The number of hydrogen-bond acceptors (Lipinski definition) is 5. The highest BCUT2D eigenvalue weighted by molar-refractivity contribution is 9.10. The second kappa shape index (κ2) is 10.8. The molecule has 0 saturated carbocycles. The summed E-state index contributed by atoms with van der Waals surface area (Å²) < 4.78 is 1.68. The first kappa shape index (κ1) is 24.5. The summed E-state index contributed by atoms with van der Waals surface area (Å²) in [4.78, 5) is 51.9. The van der Waals surface area contributed by atoms with Gasteiger partial charge in [-0.1, -0.05) is 30.3 Å². The van der Waals surface area contributed by atoms with Crippen LogP contribution in [0.25, 0.3) is 0 Å². The Bertz CT molecular complexity index is 1280. The van der Waals surface area contributed by atoms with E-state index < -0.39 is 28.2 Å². The maximum Gasteiger partial charge on any atom is 0.269 e. The van der Waals surface area contributed by atoms with Crippen molar-refractivity contribution in [1.82, 2.24) is 9.47 Å². The number of amides is 1. The van der Waals surface area contributed by atoms with Crippen molar-refractivity contribution in [3.8, 4) is 0 Å². The molecule has 2 aromatic carbocycles. The highest BCUT2D eigenvalue weighted by Crippen LogP contribution is 2.26. The van der Waals surface area contributed by atoms with Gasteiger partial charge in [0.25, 0.3) is 17.2 Å². The molecule has 9 heteroatoms. The van der Waals surface area contributed by atoms with Gasteiger partial charge in [0.2, 0.25) is 0 Å². The molecule has 0 N–H and O–H groups in total. The smallest absolute Gasteiger partial charge is 0.269 e. The predicted octanol–water partition coefficient (Wildman–Crippen LogP) is 4.42. The molecule has 1 atom stereocenters. The molecule has 1 aromatic heterocycles. The third-order valence-electron chi connectivity index (χ3n) is 6.32. The first-order chi connectivity index (χ1) is 16.8. The zero-order chi connectivity index (χ0) is 24.9. The van der Waals surface area contributed by atoms with Crippen LogP contribution in [-0.2, 0) is 11.2 Å². The molecule has 1 saturated heterocycles. The standard InChI is InChI=1S/C26H24BrN3O5/c27-21-8-11-23(31)29(17-21)24(25(32)20-6-9-22(10-7-20)30(34)35)26(33)28-14-12-19(13-15-28)16-18-4-2-1-3-5-18/h1-11,17,19,24H,12-16H2. The van der Waals surface area contributed by atoms with Gasteiger partial charge in [-0.2, -0.15) is 0 Å². The molecule has 1 amide bonds. The Morgan fingerprint density at radius 3 is 2.29 bits per heavy atom. The van der Waals surface area contributed by atoms with Crippen LogP contribution in [-0.4, -0.2) is 39.2 Å². The van der Waals surface area contributed by atoms with E-state index in [4.69, 9.17) is 0 Å². The lowest BCUT2D eigenvalue weighted by molar-refractivity contribution is -0.384. The Kier molecular flexibility index (Phi) is 7.55. The summed E-state index contributed by atoms with van der Waals surface area (Å²) in [6.45, 7) is 0.978. The predicted molar refractivity (Wildman–Crippen MR) is 134 cm³/mol. The van der Waals surface area contributed by atoms with Crippen LogP contribution in [0.1, 0.15) is 34.8 Å². The highest BCUT2D eigenvalue weighted by Gasteiger charge is 2.35. The minimum atomic E-state index is -1.40. The minimum absolute atomic E-state index is 0.125. The maximum atomic E-state index is 13.6. The van der Waals surface area contributed by atoms with Crippen molar-refractivity contribution in [1.29, 1.82) is 0 Å². The lowest BCUT2D eigenvalue weighted by atomic mass is 9.89. The van der Waals surface area contributed by atoms with E-state index in [9.17, 15) is 24.5 Å². The number of benzene rings is 2. The maximum absolute atomic E-state index is 13.6. The number of non-ortho nitro benzene ring substituents is 1. The molecule has 0 radical (unpaired) electrons. The molecule has 0 aliphatic carbocycles. The minimum Gasteiger partial charge on any atom is -0.340 e. The van der Waals surface area contributed by atoms with Crippen molar-refractivity contribution >= 4 is 33.3 Å². The second-order valence-electron chi connectivity index (χ2n) is 8.62. The fraction of sp³-hybridized carbons (Fsp3) is 0.269.